The summed E-state index contributed by atoms with van der Waals surface area (Å²) in [5.74, 6) is 1.04. The number of carbonyl (C=O) groups is 1. The van der Waals surface area contributed by atoms with E-state index >= 15 is 0 Å². The number of hydrogen-bond donors (Lipinski definition) is 1. The van der Waals surface area contributed by atoms with Gasteiger partial charge in [-0.1, -0.05) is 30.3 Å². The van der Waals surface area contributed by atoms with E-state index in [2.05, 4.69) is 20.7 Å². The van der Waals surface area contributed by atoms with Crippen LogP contribution in [0.15, 0.2) is 89.1 Å². The molecule has 0 saturated carbocycles. The van der Waals surface area contributed by atoms with Gasteiger partial charge in [-0.15, -0.1) is 10.2 Å². The Labute approximate surface area is 204 Å². The molecule has 4 rings (SSSR count). The summed E-state index contributed by atoms with van der Waals surface area (Å²) >= 11 is 1.06. The van der Waals surface area contributed by atoms with E-state index in [1.54, 1.807) is 43.0 Å². The van der Waals surface area contributed by atoms with Crippen molar-refractivity contribution in [3.8, 4) is 17.1 Å². The molecule has 0 spiro atoms. The molecule has 10 nitrogen and oxygen atoms in total. The van der Waals surface area contributed by atoms with Gasteiger partial charge >= 0.3 is 0 Å². The normalized spacial score (nSPS) is 11.2. The summed E-state index contributed by atoms with van der Waals surface area (Å²) in [6.07, 6.45) is 0. The molecule has 0 fully saturated rings. The van der Waals surface area contributed by atoms with E-state index in [1.807, 2.05) is 30.3 Å². The van der Waals surface area contributed by atoms with Crippen molar-refractivity contribution in [3.63, 3.8) is 0 Å². The van der Waals surface area contributed by atoms with Crippen molar-refractivity contribution in [2.45, 2.75) is 5.16 Å². The van der Waals surface area contributed by atoms with Crippen LogP contribution in [0.3, 0.4) is 0 Å². The number of hydrogen-bond acceptors (Lipinski definition) is 9. The third-order valence-corrected chi connectivity index (χ3v) is 5.97. The molecule has 0 saturated heterocycles. The standard InChI is InChI=1S/C24H20N6O4S/c1-29-22(17-8-14-20(34-2)15-9-17)26-28-24(29)35-23(21(31)16-6-4-3-5-7-16)27-25-18-10-12-19(13-11-18)30(32)33/h3-15,25H,1-2H3/b27-23-. The molecule has 0 aliphatic rings. The van der Waals surface area contributed by atoms with Crippen molar-refractivity contribution in [1.29, 1.82) is 0 Å². The number of ether oxygens (including phenoxy) is 1. The molecule has 1 N–H and O–H groups in total. The molecule has 11 heteroatoms. The molecule has 35 heavy (non-hydrogen) atoms. The summed E-state index contributed by atoms with van der Waals surface area (Å²) in [4.78, 5) is 23.6. The van der Waals surface area contributed by atoms with Gasteiger partial charge in [0.05, 0.1) is 17.7 Å². The van der Waals surface area contributed by atoms with Crippen LogP contribution in [0.5, 0.6) is 5.75 Å². The lowest BCUT2D eigenvalue weighted by Crippen LogP contribution is -2.14. The van der Waals surface area contributed by atoms with E-state index in [9.17, 15) is 14.9 Å². The number of non-ortho nitro benzene ring substituents is 1. The van der Waals surface area contributed by atoms with Crippen LogP contribution in [0.1, 0.15) is 10.4 Å². The van der Waals surface area contributed by atoms with Gasteiger partial charge < -0.3 is 9.30 Å². The first-order chi connectivity index (χ1) is 17.0. The quantitative estimate of drug-likeness (QED) is 0.0936. The summed E-state index contributed by atoms with van der Waals surface area (Å²) in [6.45, 7) is 0. The number of hydrazone groups is 1. The molecule has 3 aromatic carbocycles. The highest BCUT2D eigenvalue weighted by Crippen LogP contribution is 2.26. The number of anilines is 1. The van der Waals surface area contributed by atoms with Crippen LogP contribution in [0.2, 0.25) is 0 Å². The van der Waals surface area contributed by atoms with Gasteiger partial charge in [-0.2, -0.15) is 5.10 Å². The van der Waals surface area contributed by atoms with Crippen molar-refractivity contribution in [2.24, 2.45) is 12.1 Å². The molecular formula is C24H20N6O4S. The third-order valence-electron chi connectivity index (χ3n) is 4.97. The van der Waals surface area contributed by atoms with E-state index in [-0.39, 0.29) is 16.5 Å². The van der Waals surface area contributed by atoms with Crippen LogP contribution in [0, 0.1) is 10.1 Å². The Kier molecular flexibility index (Phi) is 7.17. The summed E-state index contributed by atoms with van der Waals surface area (Å²) in [6, 6.07) is 21.9. The predicted molar refractivity (Wildman–Crippen MR) is 134 cm³/mol. The Morgan fingerprint density at radius 2 is 1.71 bits per heavy atom. The maximum Gasteiger partial charge on any atom is 0.269 e. The maximum absolute atomic E-state index is 13.2. The van der Waals surface area contributed by atoms with Gasteiger partial charge in [0.2, 0.25) is 5.78 Å². The number of nitrogens with zero attached hydrogens (tertiary/aromatic N) is 5. The second-order valence-electron chi connectivity index (χ2n) is 7.22. The number of thioether (sulfide) groups is 1. The van der Waals surface area contributed by atoms with Gasteiger partial charge in [0.1, 0.15) is 5.75 Å². The summed E-state index contributed by atoms with van der Waals surface area (Å²) in [7, 11) is 3.40. The molecule has 0 bridgehead atoms. The van der Waals surface area contributed by atoms with Gasteiger partial charge in [-0.3, -0.25) is 20.3 Å². The maximum atomic E-state index is 13.2. The Hall–Kier alpha value is -4.51. The zero-order valence-corrected chi connectivity index (χ0v) is 19.6. The smallest absolute Gasteiger partial charge is 0.269 e. The summed E-state index contributed by atoms with van der Waals surface area (Å²) in [5, 5.41) is 24.3. The molecule has 1 aromatic heterocycles. The monoisotopic (exact) mass is 488 g/mol. The minimum atomic E-state index is -0.484. The molecule has 0 aliphatic carbocycles. The number of Topliss-reactive ketones (excluding diaryl/α,β-unsaturated/α-hetero) is 1. The fraction of sp³-hybridized carbons (Fsp3) is 0.0833. The summed E-state index contributed by atoms with van der Waals surface area (Å²) < 4.78 is 6.97. The highest BCUT2D eigenvalue weighted by Gasteiger charge is 2.21. The Bertz CT molecular complexity index is 1370. The number of nitro benzene ring substituents is 1. The zero-order valence-electron chi connectivity index (χ0n) is 18.8. The van der Waals surface area contributed by atoms with E-state index in [1.165, 1.54) is 24.3 Å². The lowest BCUT2D eigenvalue weighted by Gasteiger charge is -2.08. The fourth-order valence-electron chi connectivity index (χ4n) is 3.09. The second kappa shape index (κ2) is 10.6. The van der Waals surface area contributed by atoms with E-state index < -0.39 is 4.92 Å². The van der Waals surface area contributed by atoms with Gasteiger partial charge in [0, 0.05) is 30.3 Å². The molecule has 0 radical (unpaired) electrons. The van der Waals surface area contributed by atoms with Crippen LogP contribution in [0.4, 0.5) is 11.4 Å². The fourth-order valence-corrected chi connectivity index (χ4v) is 3.87. The Morgan fingerprint density at radius 1 is 1.03 bits per heavy atom. The average molecular weight is 489 g/mol. The lowest BCUT2D eigenvalue weighted by atomic mass is 10.1. The number of nitrogens with one attached hydrogen (secondary N) is 1. The Morgan fingerprint density at radius 3 is 2.34 bits per heavy atom. The summed E-state index contributed by atoms with van der Waals surface area (Å²) in [5.41, 5.74) is 4.55. The van der Waals surface area contributed by atoms with E-state index in [0.717, 1.165) is 23.1 Å². The van der Waals surface area contributed by atoms with Crippen LogP contribution < -0.4 is 10.2 Å². The molecule has 4 aromatic rings. The molecule has 0 aliphatic heterocycles. The zero-order chi connectivity index (χ0) is 24.8. The number of carbonyl (C=O) groups excluding carboxylic acids is 1. The van der Waals surface area contributed by atoms with Gasteiger partial charge in [-0.25, -0.2) is 0 Å². The van der Waals surface area contributed by atoms with Crippen molar-refractivity contribution >= 4 is 34.0 Å². The molecule has 0 atom stereocenters. The predicted octanol–water partition coefficient (Wildman–Crippen LogP) is 4.80. The van der Waals surface area contributed by atoms with Crippen LogP contribution in [-0.2, 0) is 7.05 Å². The van der Waals surface area contributed by atoms with E-state index in [0.29, 0.717) is 22.2 Å². The SMILES string of the molecule is COc1ccc(-c2nnc(S/C(=N\Nc3ccc([N+](=O)[O-])cc3)C(=O)c3ccccc3)n2C)cc1. The second-order valence-corrected chi connectivity index (χ2v) is 8.18. The van der Waals surface area contributed by atoms with Crippen molar-refractivity contribution in [2.75, 3.05) is 12.5 Å². The number of benzene rings is 3. The first-order valence-corrected chi connectivity index (χ1v) is 11.2. The molecular weight excluding hydrogens is 468 g/mol. The minimum Gasteiger partial charge on any atom is -0.497 e. The minimum absolute atomic E-state index is 0.0420. The topological polar surface area (TPSA) is 125 Å². The number of methoxy groups -OCH3 is 1. The Balaban J connectivity index is 1.62. The average Bonchev–Trinajstić information content (AvgIpc) is 3.26. The first kappa shape index (κ1) is 23.6. The number of ketones is 1. The van der Waals surface area contributed by atoms with E-state index in [4.69, 9.17) is 4.74 Å². The van der Waals surface area contributed by atoms with Crippen molar-refractivity contribution in [3.05, 3.63) is 94.5 Å². The largest absolute Gasteiger partial charge is 0.497 e. The van der Waals surface area contributed by atoms with Crippen LogP contribution in [0.25, 0.3) is 11.4 Å². The highest BCUT2D eigenvalue weighted by atomic mass is 32.2. The van der Waals surface area contributed by atoms with Crippen LogP contribution >= 0.6 is 11.8 Å². The molecule has 176 valence electrons. The van der Waals surface area contributed by atoms with Gasteiger partial charge in [0.15, 0.2) is 16.0 Å². The van der Waals surface area contributed by atoms with Crippen molar-refractivity contribution < 1.29 is 14.5 Å². The third kappa shape index (κ3) is 5.53. The molecule has 1 heterocycles. The van der Waals surface area contributed by atoms with Gasteiger partial charge in [0.25, 0.3) is 5.69 Å². The molecule has 0 amide bonds. The molecule has 0 unspecified atom stereocenters. The lowest BCUT2D eigenvalue weighted by molar-refractivity contribution is -0.384. The number of aromatic nitrogens is 3. The number of nitro groups is 1. The van der Waals surface area contributed by atoms with Gasteiger partial charge in [-0.05, 0) is 48.2 Å². The van der Waals surface area contributed by atoms with Crippen molar-refractivity contribution in [1.82, 2.24) is 14.8 Å². The van der Waals surface area contributed by atoms with Crippen LogP contribution in [-0.4, -0.2) is 37.6 Å². The first-order valence-electron chi connectivity index (χ1n) is 10.4. The highest BCUT2D eigenvalue weighted by molar-refractivity contribution is 8.15. The number of rotatable bonds is 8.